The highest BCUT2D eigenvalue weighted by Crippen LogP contribution is 2.17. The van der Waals surface area contributed by atoms with Crippen LogP contribution in [-0.4, -0.2) is 23.7 Å². The Balaban J connectivity index is 3.50. The van der Waals surface area contributed by atoms with Crippen LogP contribution < -0.4 is 0 Å². The van der Waals surface area contributed by atoms with Gasteiger partial charge in [0, 0.05) is 0 Å². The van der Waals surface area contributed by atoms with E-state index in [0.717, 1.165) is 32.1 Å². The normalized spacial score (nSPS) is 12.3. The van der Waals surface area contributed by atoms with Crippen LogP contribution in [0.2, 0.25) is 0 Å². The summed E-state index contributed by atoms with van der Waals surface area (Å²) in [4.78, 5) is 22.9. The predicted molar refractivity (Wildman–Crippen MR) is 135 cm³/mol. The summed E-state index contributed by atoms with van der Waals surface area (Å²) in [5, 5.41) is 9.00. The van der Waals surface area contributed by atoms with E-state index in [1.165, 1.54) is 83.5 Å². The summed E-state index contributed by atoms with van der Waals surface area (Å²) < 4.78 is 5.13. The standard InChI is InChI=1S/C28H52O4/c1-3-5-6-7-8-9-10-11-12-13-14-15-16-17-18-19-20-21-22-23-26(25-27(29)30)28(31)32-24-4-2/h16-17,26H,3-15,18-25H2,1-2H3,(H,29,30)/b17-16+. The zero-order valence-corrected chi connectivity index (χ0v) is 21.3. The van der Waals surface area contributed by atoms with Crippen molar-refractivity contribution in [3.05, 3.63) is 12.2 Å². The van der Waals surface area contributed by atoms with Gasteiger partial charge in [-0.05, 0) is 38.5 Å². The highest BCUT2D eigenvalue weighted by atomic mass is 16.5. The summed E-state index contributed by atoms with van der Waals surface area (Å²) in [7, 11) is 0. The van der Waals surface area contributed by atoms with Gasteiger partial charge in [-0.15, -0.1) is 0 Å². The van der Waals surface area contributed by atoms with E-state index in [-0.39, 0.29) is 12.4 Å². The van der Waals surface area contributed by atoms with Crippen molar-refractivity contribution in [2.45, 2.75) is 142 Å². The first-order chi connectivity index (χ1) is 15.6. The van der Waals surface area contributed by atoms with E-state index in [1.807, 2.05) is 6.92 Å². The molecule has 0 aliphatic heterocycles. The molecular weight excluding hydrogens is 400 g/mol. The van der Waals surface area contributed by atoms with Gasteiger partial charge in [0.2, 0.25) is 0 Å². The van der Waals surface area contributed by atoms with Crippen LogP contribution >= 0.6 is 0 Å². The van der Waals surface area contributed by atoms with Gasteiger partial charge >= 0.3 is 11.9 Å². The number of allylic oxidation sites excluding steroid dienone is 2. The largest absolute Gasteiger partial charge is 0.481 e. The monoisotopic (exact) mass is 452 g/mol. The molecule has 32 heavy (non-hydrogen) atoms. The number of rotatable bonds is 24. The molecule has 0 fully saturated rings. The van der Waals surface area contributed by atoms with E-state index in [0.29, 0.717) is 13.0 Å². The molecule has 0 heterocycles. The van der Waals surface area contributed by atoms with Crippen molar-refractivity contribution in [1.29, 1.82) is 0 Å². The van der Waals surface area contributed by atoms with Gasteiger partial charge in [0.25, 0.3) is 0 Å². The SMILES string of the molecule is CCCCCCCCCCCCC/C=C/CCCCCCC(CC(=O)O)C(=O)OCCC. The average molecular weight is 453 g/mol. The van der Waals surface area contributed by atoms with Gasteiger partial charge in [-0.25, -0.2) is 0 Å². The average Bonchev–Trinajstić information content (AvgIpc) is 2.77. The number of ether oxygens (including phenoxy) is 1. The second kappa shape index (κ2) is 24.3. The fraction of sp³-hybridized carbons (Fsp3) is 0.857. The van der Waals surface area contributed by atoms with E-state index < -0.39 is 11.9 Å². The Morgan fingerprint density at radius 1 is 0.688 bits per heavy atom. The minimum atomic E-state index is -0.925. The Morgan fingerprint density at radius 2 is 1.16 bits per heavy atom. The molecule has 4 heteroatoms. The molecule has 0 aromatic rings. The van der Waals surface area contributed by atoms with Gasteiger partial charge < -0.3 is 9.84 Å². The van der Waals surface area contributed by atoms with Gasteiger partial charge in [-0.1, -0.05) is 109 Å². The Labute approximate surface area is 198 Å². The maximum Gasteiger partial charge on any atom is 0.309 e. The van der Waals surface area contributed by atoms with Crippen LogP contribution in [0.3, 0.4) is 0 Å². The summed E-state index contributed by atoms with van der Waals surface area (Å²) in [6.07, 6.45) is 27.8. The number of carbonyl (C=O) groups excluding carboxylic acids is 1. The van der Waals surface area contributed by atoms with E-state index in [9.17, 15) is 9.59 Å². The van der Waals surface area contributed by atoms with Crippen LogP contribution in [0.1, 0.15) is 142 Å². The molecule has 0 aliphatic rings. The lowest BCUT2D eigenvalue weighted by atomic mass is 9.97. The zero-order chi connectivity index (χ0) is 23.7. The van der Waals surface area contributed by atoms with Crippen molar-refractivity contribution in [2.75, 3.05) is 6.61 Å². The Morgan fingerprint density at radius 3 is 1.62 bits per heavy atom. The maximum absolute atomic E-state index is 12.0. The molecule has 1 atom stereocenters. The number of hydrogen-bond donors (Lipinski definition) is 1. The molecule has 0 radical (unpaired) electrons. The van der Waals surface area contributed by atoms with Crippen LogP contribution in [-0.2, 0) is 14.3 Å². The molecule has 188 valence electrons. The van der Waals surface area contributed by atoms with Crippen LogP contribution in [0.25, 0.3) is 0 Å². The lowest BCUT2D eigenvalue weighted by molar-refractivity contribution is -0.153. The number of carbonyl (C=O) groups is 2. The van der Waals surface area contributed by atoms with Gasteiger partial charge in [-0.2, -0.15) is 0 Å². The van der Waals surface area contributed by atoms with Crippen LogP contribution in [0.15, 0.2) is 12.2 Å². The third-order valence-electron chi connectivity index (χ3n) is 6.02. The highest BCUT2D eigenvalue weighted by molar-refractivity contribution is 5.79. The van der Waals surface area contributed by atoms with Crippen molar-refractivity contribution in [1.82, 2.24) is 0 Å². The molecule has 0 bridgehead atoms. The fourth-order valence-electron chi connectivity index (χ4n) is 4.00. The van der Waals surface area contributed by atoms with Crippen LogP contribution in [0.4, 0.5) is 0 Å². The van der Waals surface area contributed by atoms with E-state index in [4.69, 9.17) is 9.84 Å². The minimum Gasteiger partial charge on any atom is -0.481 e. The maximum atomic E-state index is 12.0. The molecular formula is C28H52O4. The van der Waals surface area contributed by atoms with Gasteiger partial charge in [0.1, 0.15) is 0 Å². The fourth-order valence-corrected chi connectivity index (χ4v) is 4.00. The second-order valence-corrected chi connectivity index (χ2v) is 9.25. The number of unbranched alkanes of at least 4 members (excludes halogenated alkanes) is 15. The number of esters is 1. The number of carboxylic acids is 1. The molecule has 0 saturated heterocycles. The van der Waals surface area contributed by atoms with Crippen molar-refractivity contribution in [2.24, 2.45) is 5.92 Å². The molecule has 0 aromatic carbocycles. The Bertz CT molecular complexity index is 458. The first-order valence-corrected chi connectivity index (χ1v) is 13.6. The van der Waals surface area contributed by atoms with Gasteiger partial charge in [0.15, 0.2) is 0 Å². The van der Waals surface area contributed by atoms with Crippen molar-refractivity contribution in [3.63, 3.8) is 0 Å². The number of carboxylic acid groups (broad SMARTS) is 1. The van der Waals surface area contributed by atoms with E-state index in [2.05, 4.69) is 19.1 Å². The molecule has 1 N–H and O–H groups in total. The minimum absolute atomic E-state index is 0.121. The van der Waals surface area contributed by atoms with Gasteiger partial charge in [-0.3, -0.25) is 9.59 Å². The number of aliphatic carboxylic acids is 1. The molecule has 0 spiro atoms. The molecule has 0 aliphatic carbocycles. The molecule has 4 nitrogen and oxygen atoms in total. The second-order valence-electron chi connectivity index (χ2n) is 9.25. The smallest absolute Gasteiger partial charge is 0.309 e. The number of hydrogen-bond acceptors (Lipinski definition) is 3. The van der Waals surface area contributed by atoms with Crippen molar-refractivity contribution in [3.8, 4) is 0 Å². The summed E-state index contributed by atoms with van der Waals surface area (Å²) in [5.41, 5.74) is 0. The predicted octanol–water partition coefficient (Wildman–Crippen LogP) is 8.63. The lowest BCUT2D eigenvalue weighted by Crippen LogP contribution is -2.21. The first-order valence-electron chi connectivity index (χ1n) is 13.6. The van der Waals surface area contributed by atoms with Crippen molar-refractivity contribution >= 4 is 11.9 Å². The lowest BCUT2D eigenvalue weighted by Gasteiger charge is -2.13. The zero-order valence-electron chi connectivity index (χ0n) is 21.3. The van der Waals surface area contributed by atoms with Crippen LogP contribution in [0.5, 0.6) is 0 Å². The molecule has 0 aromatic heterocycles. The molecule has 0 saturated carbocycles. The Hall–Kier alpha value is -1.32. The quantitative estimate of drug-likeness (QED) is 0.0904. The Kier molecular flexibility index (Phi) is 23.3. The summed E-state index contributed by atoms with van der Waals surface area (Å²) in [6.45, 7) is 4.59. The molecule has 0 rings (SSSR count). The van der Waals surface area contributed by atoms with Crippen LogP contribution in [0, 0.1) is 5.92 Å². The molecule has 0 amide bonds. The third-order valence-corrected chi connectivity index (χ3v) is 6.02. The van der Waals surface area contributed by atoms with Crippen molar-refractivity contribution < 1.29 is 19.4 Å². The molecule has 1 unspecified atom stereocenters. The topological polar surface area (TPSA) is 63.6 Å². The summed E-state index contributed by atoms with van der Waals surface area (Å²) >= 11 is 0. The van der Waals surface area contributed by atoms with Gasteiger partial charge in [0.05, 0.1) is 18.9 Å². The summed E-state index contributed by atoms with van der Waals surface area (Å²) in [6, 6.07) is 0. The third kappa shape index (κ3) is 21.9. The first kappa shape index (κ1) is 30.7. The van der Waals surface area contributed by atoms with E-state index >= 15 is 0 Å². The highest BCUT2D eigenvalue weighted by Gasteiger charge is 2.22. The summed E-state index contributed by atoms with van der Waals surface area (Å²) in [5.74, 6) is -1.77. The van der Waals surface area contributed by atoms with E-state index in [1.54, 1.807) is 0 Å².